The van der Waals surface area contributed by atoms with E-state index in [0.717, 1.165) is 13.0 Å². The monoisotopic (exact) mass is 213 g/mol. The Hall–Kier alpha value is -1.10. The fraction of sp³-hybridized carbons (Fsp3) is 0.800. The summed E-state index contributed by atoms with van der Waals surface area (Å²) in [6.07, 6.45) is 1.56. The highest BCUT2D eigenvalue weighted by Crippen LogP contribution is 2.13. The third-order valence-electron chi connectivity index (χ3n) is 2.62. The maximum absolute atomic E-state index is 11.6. The lowest BCUT2D eigenvalue weighted by molar-refractivity contribution is -0.128. The summed E-state index contributed by atoms with van der Waals surface area (Å²) in [5.41, 5.74) is 0. The summed E-state index contributed by atoms with van der Waals surface area (Å²) in [6.45, 7) is 2.78. The lowest BCUT2D eigenvalue weighted by Gasteiger charge is -2.16. The molecular weight excluding hydrogens is 194 g/mol. The fourth-order valence-corrected chi connectivity index (χ4v) is 1.51. The van der Waals surface area contributed by atoms with Gasteiger partial charge in [0.05, 0.1) is 0 Å². The smallest absolute Gasteiger partial charge is 0.242 e. The van der Waals surface area contributed by atoms with E-state index in [1.165, 1.54) is 0 Å². The first-order chi connectivity index (χ1) is 7.10. The molecule has 0 aromatic rings. The van der Waals surface area contributed by atoms with Crippen LogP contribution in [0, 0.1) is 0 Å². The molecule has 5 heteroatoms. The first-order valence-electron chi connectivity index (χ1n) is 5.32. The number of nitrogens with one attached hydrogen (secondary N) is 2. The predicted molar refractivity (Wildman–Crippen MR) is 57.3 cm³/mol. The molecule has 0 aromatic carbocycles. The van der Waals surface area contributed by atoms with E-state index in [-0.39, 0.29) is 23.9 Å². The van der Waals surface area contributed by atoms with Crippen molar-refractivity contribution in [3.05, 3.63) is 0 Å². The van der Waals surface area contributed by atoms with Crippen LogP contribution < -0.4 is 10.6 Å². The topological polar surface area (TPSA) is 61.2 Å². The van der Waals surface area contributed by atoms with Crippen molar-refractivity contribution >= 4 is 11.8 Å². The highest BCUT2D eigenvalue weighted by atomic mass is 16.2. The summed E-state index contributed by atoms with van der Waals surface area (Å²) in [4.78, 5) is 24.9. The van der Waals surface area contributed by atoms with E-state index in [1.54, 1.807) is 7.05 Å². The molecule has 0 spiro atoms. The first kappa shape index (κ1) is 12.0. The van der Waals surface area contributed by atoms with E-state index in [1.807, 2.05) is 18.9 Å². The van der Waals surface area contributed by atoms with Crippen LogP contribution in [0.2, 0.25) is 0 Å². The molecule has 2 N–H and O–H groups in total. The average Bonchev–Trinajstić information content (AvgIpc) is 2.93. The molecule has 1 heterocycles. The number of hydrogen-bond donors (Lipinski definition) is 2. The number of carbonyl (C=O) groups is 2. The van der Waals surface area contributed by atoms with E-state index in [4.69, 9.17) is 0 Å². The first-order valence-corrected chi connectivity index (χ1v) is 5.32. The van der Waals surface area contributed by atoms with E-state index >= 15 is 0 Å². The minimum Gasteiger partial charge on any atom is -0.357 e. The molecule has 0 aliphatic carbocycles. The normalized spacial score (nSPS) is 25.5. The van der Waals surface area contributed by atoms with Gasteiger partial charge in [-0.3, -0.25) is 14.5 Å². The number of nitrogens with zero attached hydrogens (tertiary/aromatic N) is 1. The standard InChI is InChI=1S/C10H19N3O2/c1-4-5-7(9(14)11-2)12-10(15)8-6-13(8)3/h7-8H,4-6H2,1-3H3,(H,11,14)(H,12,15). The van der Waals surface area contributed by atoms with E-state index in [9.17, 15) is 9.59 Å². The van der Waals surface area contributed by atoms with Crippen molar-refractivity contribution in [3.63, 3.8) is 0 Å². The van der Waals surface area contributed by atoms with Gasteiger partial charge in [-0.1, -0.05) is 13.3 Å². The van der Waals surface area contributed by atoms with Crippen molar-refractivity contribution in [1.82, 2.24) is 15.5 Å². The summed E-state index contributed by atoms with van der Waals surface area (Å²) in [6, 6.07) is -0.421. The Labute approximate surface area is 90.2 Å². The lowest BCUT2D eigenvalue weighted by atomic mass is 10.1. The summed E-state index contributed by atoms with van der Waals surface area (Å²) >= 11 is 0. The molecule has 3 atom stereocenters. The molecule has 0 saturated carbocycles. The van der Waals surface area contributed by atoms with Gasteiger partial charge in [0.1, 0.15) is 12.1 Å². The second-order valence-corrected chi connectivity index (χ2v) is 3.92. The quantitative estimate of drug-likeness (QED) is 0.596. The summed E-state index contributed by atoms with van der Waals surface area (Å²) in [5.74, 6) is -0.159. The summed E-state index contributed by atoms with van der Waals surface area (Å²) in [5, 5.41) is 5.33. The fourth-order valence-electron chi connectivity index (χ4n) is 1.51. The lowest BCUT2D eigenvalue weighted by Crippen LogP contribution is -2.47. The van der Waals surface area contributed by atoms with Crippen molar-refractivity contribution < 1.29 is 9.59 Å². The van der Waals surface area contributed by atoms with Crippen LogP contribution >= 0.6 is 0 Å². The highest BCUT2D eigenvalue weighted by molar-refractivity contribution is 5.90. The molecular formula is C10H19N3O2. The highest BCUT2D eigenvalue weighted by Gasteiger charge is 2.38. The minimum absolute atomic E-state index is 0.0333. The molecule has 1 rings (SSSR count). The molecule has 15 heavy (non-hydrogen) atoms. The second kappa shape index (κ2) is 5.11. The Kier molecular flexibility index (Phi) is 4.08. The van der Waals surface area contributed by atoms with Crippen LogP contribution in [-0.2, 0) is 9.59 Å². The van der Waals surface area contributed by atoms with Gasteiger partial charge in [-0.2, -0.15) is 0 Å². The van der Waals surface area contributed by atoms with Crippen LogP contribution in [-0.4, -0.2) is 49.4 Å². The molecule has 1 fully saturated rings. The Morgan fingerprint density at radius 1 is 1.53 bits per heavy atom. The molecule has 0 aromatic heterocycles. The summed E-state index contributed by atoms with van der Waals surface area (Å²) < 4.78 is 0. The van der Waals surface area contributed by atoms with Gasteiger partial charge in [-0.05, 0) is 13.5 Å². The predicted octanol–water partition coefficient (Wildman–Crippen LogP) is -0.669. The molecule has 2 amide bonds. The molecule has 0 radical (unpaired) electrons. The second-order valence-electron chi connectivity index (χ2n) is 3.92. The van der Waals surface area contributed by atoms with Gasteiger partial charge < -0.3 is 10.6 Å². The van der Waals surface area contributed by atoms with E-state index in [2.05, 4.69) is 10.6 Å². The third-order valence-corrected chi connectivity index (χ3v) is 2.62. The van der Waals surface area contributed by atoms with E-state index < -0.39 is 0 Å². The molecule has 1 saturated heterocycles. The van der Waals surface area contributed by atoms with Gasteiger partial charge in [0.25, 0.3) is 0 Å². The molecule has 1 aliphatic heterocycles. The number of carbonyl (C=O) groups excluding carboxylic acids is 2. The van der Waals surface area contributed by atoms with Crippen molar-refractivity contribution in [2.75, 3.05) is 20.6 Å². The molecule has 3 unspecified atom stereocenters. The Morgan fingerprint density at radius 2 is 2.13 bits per heavy atom. The van der Waals surface area contributed by atoms with Crippen LogP contribution in [0.15, 0.2) is 0 Å². The van der Waals surface area contributed by atoms with Crippen LogP contribution in [0.25, 0.3) is 0 Å². The molecule has 0 bridgehead atoms. The zero-order chi connectivity index (χ0) is 11.4. The number of hydrogen-bond acceptors (Lipinski definition) is 3. The van der Waals surface area contributed by atoms with Gasteiger partial charge >= 0.3 is 0 Å². The molecule has 1 aliphatic rings. The van der Waals surface area contributed by atoms with Gasteiger partial charge in [-0.25, -0.2) is 0 Å². The van der Waals surface area contributed by atoms with Crippen molar-refractivity contribution in [2.24, 2.45) is 0 Å². The maximum Gasteiger partial charge on any atom is 0.242 e. The molecule has 86 valence electrons. The van der Waals surface area contributed by atoms with Crippen molar-refractivity contribution in [1.29, 1.82) is 0 Å². The van der Waals surface area contributed by atoms with E-state index in [0.29, 0.717) is 6.42 Å². The van der Waals surface area contributed by atoms with Crippen LogP contribution in [0.3, 0.4) is 0 Å². The van der Waals surface area contributed by atoms with Crippen LogP contribution in [0.1, 0.15) is 19.8 Å². The minimum atomic E-state index is -0.388. The van der Waals surface area contributed by atoms with Crippen LogP contribution in [0.4, 0.5) is 0 Å². The zero-order valence-electron chi connectivity index (χ0n) is 9.54. The number of likely N-dealkylation sites (N-methyl/N-ethyl adjacent to an activating group) is 2. The van der Waals surface area contributed by atoms with Crippen molar-refractivity contribution in [3.8, 4) is 0 Å². The number of rotatable bonds is 5. The average molecular weight is 213 g/mol. The van der Waals surface area contributed by atoms with Crippen molar-refractivity contribution in [2.45, 2.75) is 31.8 Å². The Bertz CT molecular complexity index is 255. The Balaban J connectivity index is 2.43. The Morgan fingerprint density at radius 3 is 2.53 bits per heavy atom. The largest absolute Gasteiger partial charge is 0.357 e. The number of amides is 2. The van der Waals surface area contributed by atoms with Gasteiger partial charge in [0.2, 0.25) is 11.8 Å². The molecule has 5 nitrogen and oxygen atoms in total. The maximum atomic E-state index is 11.6. The van der Waals surface area contributed by atoms with Gasteiger partial charge in [0.15, 0.2) is 0 Å². The third kappa shape index (κ3) is 3.20. The summed E-state index contributed by atoms with van der Waals surface area (Å²) in [7, 11) is 3.47. The van der Waals surface area contributed by atoms with Crippen LogP contribution in [0.5, 0.6) is 0 Å². The van der Waals surface area contributed by atoms with Gasteiger partial charge in [-0.15, -0.1) is 0 Å². The SMILES string of the molecule is CCCC(NC(=O)C1CN1C)C(=O)NC. The zero-order valence-corrected chi connectivity index (χ0v) is 9.54. The van der Waals surface area contributed by atoms with Gasteiger partial charge in [0, 0.05) is 13.6 Å².